The molecule has 0 nitrogen and oxygen atoms in total. The maximum Gasteiger partial charge on any atom is 0.200 e. The third-order valence-corrected chi connectivity index (χ3v) is 7.81. The van der Waals surface area contributed by atoms with Gasteiger partial charge in [-0.25, -0.2) is 22.0 Å². The fourth-order valence-electron chi connectivity index (χ4n) is 3.90. The second kappa shape index (κ2) is 16.7. The number of hydrogen-bond donors (Lipinski definition) is 0. The van der Waals surface area contributed by atoms with Gasteiger partial charge in [-0.3, -0.25) is 0 Å². The van der Waals surface area contributed by atoms with Gasteiger partial charge in [0.2, 0.25) is 5.82 Å². The molecule has 174 valence electrons. The molecule has 0 aliphatic carbocycles. The molecule has 0 heterocycles. The van der Waals surface area contributed by atoms with Crippen LogP contribution >= 0.6 is 0 Å². The molecular formula is C24H39F5Si. The first kappa shape index (κ1) is 27.1. The summed E-state index contributed by atoms with van der Waals surface area (Å²) in [5.74, 6) is -8.96. The number of halogens is 5. The minimum atomic E-state index is -2.06. The molecule has 6 heteroatoms. The normalized spacial score (nSPS) is 11.8. The van der Waals surface area contributed by atoms with Crippen molar-refractivity contribution in [3.8, 4) is 0 Å². The second-order valence-corrected chi connectivity index (χ2v) is 10.4. The maximum absolute atomic E-state index is 13.6. The highest BCUT2D eigenvalue weighted by Gasteiger charge is 2.24. The lowest BCUT2D eigenvalue weighted by molar-refractivity contribution is 0.384. The van der Waals surface area contributed by atoms with Crippen molar-refractivity contribution in [3.63, 3.8) is 0 Å². The Balaban J connectivity index is 1.95. The van der Waals surface area contributed by atoms with Crippen LogP contribution in [0.3, 0.4) is 0 Å². The molecule has 0 unspecified atom stereocenters. The topological polar surface area (TPSA) is 0 Å². The zero-order chi connectivity index (χ0) is 22.2. The van der Waals surface area contributed by atoms with Gasteiger partial charge in [-0.05, 0) is 0 Å². The SMILES string of the molecule is CCCCCCCCCCCCCCCCCC[SiH2]c1c(F)c(F)c(F)c(F)c1F. The van der Waals surface area contributed by atoms with Crippen LogP contribution in [0.1, 0.15) is 110 Å². The van der Waals surface area contributed by atoms with Crippen molar-refractivity contribution in [2.45, 2.75) is 116 Å². The van der Waals surface area contributed by atoms with Crippen molar-refractivity contribution in [1.82, 2.24) is 0 Å². The van der Waals surface area contributed by atoms with Gasteiger partial charge in [-0.15, -0.1) is 0 Å². The third kappa shape index (κ3) is 10.4. The third-order valence-electron chi connectivity index (χ3n) is 5.83. The Hall–Kier alpha value is -0.913. The van der Waals surface area contributed by atoms with Gasteiger partial charge in [0.05, 0.1) is 9.52 Å². The van der Waals surface area contributed by atoms with E-state index < -0.39 is 43.8 Å². The molecule has 0 bridgehead atoms. The van der Waals surface area contributed by atoms with Crippen molar-refractivity contribution < 1.29 is 22.0 Å². The van der Waals surface area contributed by atoms with E-state index >= 15 is 0 Å². The molecule has 0 saturated heterocycles. The predicted octanol–water partition coefficient (Wildman–Crippen LogP) is 7.86. The minimum Gasteiger partial charge on any atom is -0.204 e. The van der Waals surface area contributed by atoms with Gasteiger partial charge in [0.15, 0.2) is 23.3 Å². The Morgan fingerprint density at radius 2 is 0.733 bits per heavy atom. The molecule has 0 aliphatic rings. The average Bonchev–Trinajstić information content (AvgIpc) is 2.75. The monoisotopic (exact) mass is 450 g/mol. The van der Waals surface area contributed by atoms with E-state index in [2.05, 4.69) is 6.92 Å². The van der Waals surface area contributed by atoms with Crippen LogP contribution < -0.4 is 5.19 Å². The smallest absolute Gasteiger partial charge is 0.200 e. The van der Waals surface area contributed by atoms with Crippen molar-refractivity contribution in [2.75, 3.05) is 0 Å². The van der Waals surface area contributed by atoms with Gasteiger partial charge in [0, 0.05) is 5.19 Å². The van der Waals surface area contributed by atoms with Crippen LogP contribution in [0.5, 0.6) is 0 Å². The van der Waals surface area contributed by atoms with E-state index in [0.717, 1.165) is 25.7 Å². The molecule has 0 atom stereocenters. The van der Waals surface area contributed by atoms with E-state index in [1.165, 1.54) is 77.0 Å². The fraction of sp³-hybridized carbons (Fsp3) is 0.750. The zero-order valence-corrected chi connectivity index (χ0v) is 20.0. The van der Waals surface area contributed by atoms with Crippen LogP contribution in [0.25, 0.3) is 0 Å². The van der Waals surface area contributed by atoms with Crippen molar-refractivity contribution in [3.05, 3.63) is 29.1 Å². The summed E-state index contributed by atoms with van der Waals surface area (Å²) in [5.41, 5.74) is 0. The summed E-state index contributed by atoms with van der Waals surface area (Å²) in [7, 11) is -1.49. The second-order valence-electron chi connectivity index (χ2n) is 8.46. The summed E-state index contributed by atoms with van der Waals surface area (Å²) in [6.45, 7) is 2.24. The van der Waals surface area contributed by atoms with Crippen LogP contribution in [-0.4, -0.2) is 9.52 Å². The van der Waals surface area contributed by atoms with Gasteiger partial charge in [0.1, 0.15) is 0 Å². The highest BCUT2D eigenvalue weighted by molar-refractivity contribution is 6.53. The highest BCUT2D eigenvalue weighted by Crippen LogP contribution is 2.17. The molecule has 0 N–H and O–H groups in total. The maximum atomic E-state index is 13.6. The molecular weight excluding hydrogens is 411 g/mol. The van der Waals surface area contributed by atoms with E-state index in [0.29, 0.717) is 6.04 Å². The van der Waals surface area contributed by atoms with E-state index in [9.17, 15) is 22.0 Å². The molecule has 0 aromatic heterocycles. The van der Waals surface area contributed by atoms with Gasteiger partial charge in [-0.1, -0.05) is 116 Å². The van der Waals surface area contributed by atoms with Gasteiger partial charge in [0.25, 0.3) is 0 Å². The van der Waals surface area contributed by atoms with Gasteiger partial charge >= 0.3 is 0 Å². The zero-order valence-electron chi connectivity index (χ0n) is 18.6. The van der Waals surface area contributed by atoms with Crippen LogP contribution in [-0.2, 0) is 0 Å². The standard InChI is InChI=1S/C24H39F5Si/c1-2-3-4-5-6-7-8-9-10-11-12-13-14-15-16-17-18-30-24-22(28)20(26)19(25)21(27)23(24)29/h2-18,30H2,1H3. The highest BCUT2D eigenvalue weighted by atomic mass is 28.2. The Morgan fingerprint density at radius 1 is 0.433 bits per heavy atom. The quantitative estimate of drug-likeness (QED) is 0.0702. The molecule has 0 saturated carbocycles. The van der Waals surface area contributed by atoms with Gasteiger partial charge in [-0.2, -0.15) is 0 Å². The van der Waals surface area contributed by atoms with E-state index in [-0.39, 0.29) is 0 Å². The number of rotatable bonds is 18. The lowest BCUT2D eigenvalue weighted by Crippen LogP contribution is -2.27. The summed E-state index contributed by atoms with van der Waals surface area (Å²) in [4.78, 5) is 0. The lowest BCUT2D eigenvalue weighted by Gasteiger charge is -2.08. The first-order valence-electron chi connectivity index (χ1n) is 12.0. The molecule has 1 aromatic carbocycles. The van der Waals surface area contributed by atoms with Crippen LogP contribution in [0.15, 0.2) is 0 Å². The summed E-state index contributed by atoms with van der Waals surface area (Å²) in [5, 5.41) is -0.549. The fourth-order valence-corrected chi connectivity index (χ4v) is 5.60. The Morgan fingerprint density at radius 3 is 1.10 bits per heavy atom. The summed E-state index contributed by atoms with van der Waals surface area (Å²) in [6.07, 6.45) is 20.0. The number of benzene rings is 1. The molecule has 1 aromatic rings. The first-order chi connectivity index (χ1) is 14.5. The van der Waals surface area contributed by atoms with E-state index in [1.54, 1.807) is 0 Å². The van der Waals surface area contributed by atoms with E-state index in [4.69, 9.17) is 0 Å². The molecule has 0 radical (unpaired) electrons. The molecule has 1 rings (SSSR count). The number of hydrogen-bond acceptors (Lipinski definition) is 0. The van der Waals surface area contributed by atoms with Crippen LogP contribution in [0.4, 0.5) is 22.0 Å². The van der Waals surface area contributed by atoms with Crippen molar-refractivity contribution in [2.24, 2.45) is 0 Å². The molecule has 0 fully saturated rings. The van der Waals surface area contributed by atoms with E-state index in [1.807, 2.05) is 0 Å². The van der Waals surface area contributed by atoms with Crippen LogP contribution in [0.2, 0.25) is 6.04 Å². The van der Waals surface area contributed by atoms with Crippen molar-refractivity contribution in [1.29, 1.82) is 0 Å². The summed E-state index contributed by atoms with van der Waals surface area (Å²) >= 11 is 0. The number of unbranched alkanes of at least 4 members (excludes halogenated alkanes) is 15. The minimum absolute atomic E-state index is 0.549. The molecule has 0 aliphatic heterocycles. The Bertz CT molecular complexity index is 562. The Labute approximate surface area is 181 Å². The molecule has 0 spiro atoms. The Kier molecular flexibility index (Phi) is 15.1. The molecule has 30 heavy (non-hydrogen) atoms. The van der Waals surface area contributed by atoms with Gasteiger partial charge < -0.3 is 0 Å². The predicted molar refractivity (Wildman–Crippen MR) is 119 cm³/mol. The average molecular weight is 451 g/mol. The summed E-state index contributed by atoms with van der Waals surface area (Å²) < 4.78 is 66.7. The van der Waals surface area contributed by atoms with Crippen molar-refractivity contribution >= 4 is 14.7 Å². The summed E-state index contributed by atoms with van der Waals surface area (Å²) in [6, 6.07) is 0.566. The van der Waals surface area contributed by atoms with Crippen LogP contribution in [0, 0.1) is 29.1 Å². The first-order valence-corrected chi connectivity index (χ1v) is 13.7. The molecule has 0 amide bonds. The largest absolute Gasteiger partial charge is 0.204 e. The lowest BCUT2D eigenvalue weighted by atomic mass is 10.0.